The summed E-state index contributed by atoms with van der Waals surface area (Å²) in [5.41, 5.74) is 1.74. The van der Waals surface area contributed by atoms with Gasteiger partial charge in [-0.2, -0.15) is 0 Å². The molecule has 2 aromatic rings. The number of ether oxygens (including phenoxy) is 1. The maximum absolute atomic E-state index is 14.1. The minimum Gasteiger partial charge on any atom is -0.489 e. The molecule has 0 bridgehead atoms. The van der Waals surface area contributed by atoms with Crippen LogP contribution in [0.2, 0.25) is 0 Å². The van der Waals surface area contributed by atoms with Crippen molar-refractivity contribution < 1.29 is 13.5 Å². The van der Waals surface area contributed by atoms with E-state index in [0.717, 1.165) is 30.5 Å². The van der Waals surface area contributed by atoms with Crippen LogP contribution in [0.25, 0.3) is 11.3 Å². The van der Waals surface area contributed by atoms with Gasteiger partial charge in [-0.1, -0.05) is 6.92 Å². The average molecular weight is 318 g/mol. The van der Waals surface area contributed by atoms with Crippen LogP contribution >= 0.6 is 0 Å². The third-order valence-electron chi connectivity index (χ3n) is 4.38. The molecule has 1 aliphatic heterocycles. The Hall–Kier alpha value is -1.88. The molecule has 1 unspecified atom stereocenters. The molecule has 5 heteroatoms. The van der Waals surface area contributed by atoms with Crippen LogP contribution in [-0.4, -0.2) is 35.1 Å². The van der Waals surface area contributed by atoms with E-state index in [0.29, 0.717) is 24.2 Å². The van der Waals surface area contributed by atoms with Gasteiger partial charge in [-0.15, -0.1) is 0 Å². The molecule has 124 valence electrons. The van der Waals surface area contributed by atoms with Gasteiger partial charge in [-0.3, -0.25) is 4.90 Å². The second kappa shape index (κ2) is 6.71. The highest BCUT2D eigenvalue weighted by atomic mass is 19.1. The lowest BCUT2D eigenvalue weighted by Gasteiger charge is -2.38. The fourth-order valence-corrected chi connectivity index (χ4v) is 3.35. The Balaban J connectivity index is 1.97. The van der Waals surface area contributed by atoms with Crippen LogP contribution in [0.5, 0.6) is 5.75 Å². The lowest BCUT2D eigenvalue weighted by Crippen LogP contribution is -2.47. The monoisotopic (exact) mass is 318 g/mol. The van der Waals surface area contributed by atoms with Gasteiger partial charge in [0, 0.05) is 23.2 Å². The Morgan fingerprint density at radius 1 is 1.39 bits per heavy atom. The van der Waals surface area contributed by atoms with Crippen molar-refractivity contribution in [3.63, 3.8) is 0 Å². The van der Waals surface area contributed by atoms with Crippen LogP contribution in [0, 0.1) is 5.82 Å². The molecule has 0 saturated heterocycles. The largest absolute Gasteiger partial charge is 0.489 e. The highest BCUT2D eigenvalue weighted by Gasteiger charge is 2.30. The molecule has 2 heterocycles. The van der Waals surface area contributed by atoms with Gasteiger partial charge in [0.05, 0.1) is 6.20 Å². The molecule has 1 aromatic carbocycles. The Morgan fingerprint density at radius 2 is 2.22 bits per heavy atom. The molecule has 0 fully saturated rings. The van der Waals surface area contributed by atoms with E-state index < -0.39 is 0 Å². The van der Waals surface area contributed by atoms with Crippen molar-refractivity contribution >= 4 is 0 Å². The molecule has 1 atom stereocenters. The van der Waals surface area contributed by atoms with E-state index in [1.807, 2.05) is 0 Å². The van der Waals surface area contributed by atoms with Gasteiger partial charge in [0.1, 0.15) is 6.61 Å². The first kappa shape index (κ1) is 16.0. The minimum atomic E-state index is -0.312. The van der Waals surface area contributed by atoms with Crippen LogP contribution in [0.4, 0.5) is 4.39 Å². The van der Waals surface area contributed by atoms with Gasteiger partial charge in [-0.25, -0.2) is 9.37 Å². The predicted octanol–water partition coefficient (Wildman–Crippen LogP) is 3.90. The number of rotatable bonds is 5. The van der Waals surface area contributed by atoms with Gasteiger partial charge in [0.2, 0.25) is 0 Å². The molecule has 0 aliphatic carbocycles. The molecule has 0 amide bonds. The predicted molar refractivity (Wildman–Crippen MR) is 87.0 cm³/mol. The van der Waals surface area contributed by atoms with Gasteiger partial charge in [-0.05, 0) is 45.4 Å². The first-order valence-corrected chi connectivity index (χ1v) is 8.20. The summed E-state index contributed by atoms with van der Waals surface area (Å²) >= 11 is 0. The zero-order valence-corrected chi connectivity index (χ0v) is 13.9. The van der Waals surface area contributed by atoms with Crippen molar-refractivity contribution in [2.24, 2.45) is 0 Å². The standard InChI is InChI=1S/C18H23FN2O2/c1-4-7-21(12(2)3)13-8-15-14(17-9-20-11-23-17)5-6-16(19)18(15)22-10-13/h5-6,9,11-13H,4,7-8,10H2,1-3H3. The zero-order chi connectivity index (χ0) is 16.4. The summed E-state index contributed by atoms with van der Waals surface area (Å²) in [6.07, 6.45) is 4.88. The zero-order valence-electron chi connectivity index (χ0n) is 13.9. The van der Waals surface area contributed by atoms with Gasteiger partial charge in [0.15, 0.2) is 23.7 Å². The number of oxazole rings is 1. The number of halogens is 1. The number of hydrogen-bond donors (Lipinski definition) is 0. The highest BCUT2D eigenvalue weighted by molar-refractivity contribution is 5.66. The average Bonchev–Trinajstić information content (AvgIpc) is 3.06. The van der Waals surface area contributed by atoms with Crippen molar-refractivity contribution in [3.05, 3.63) is 36.1 Å². The third kappa shape index (κ3) is 3.11. The maximum Gasteiger partial charge on any atom is 0.181 e. The molecule has 0 spiro atoms. The molecule has 3 rings (SSSR count). The Morgan fingerprint density at radius 3 is 2.87 bits per heavy atom. The normalized spacial score (nSPS) is 17.4. The smallest absolute Gasteiger partial charge is 0.181 e. The molecular formula is C18H23FN2O2. The fraction of sp³-hybridized carbons (Fsp3) is 0.500. The molecule has 0 saturated carbocycles. The SMILES string of the molecule is CCCN(C(C)C)C1COc2c(F)ccc(-c3cnco3)c2C1. The van der Waals surface area contributed by atoms with Crippen molar-refractivity contribution in [2.45, 2.75) is 45.7 Å². The van der Waals surface area contributed by atoms with E-state index in [4.69, 9.17) is 9.15 Å². The summed E-state index contributed by atoms with van der Waals surface area (Å²) in [7, 11) is 0. The van der Waals surface area contributed by atoms with E-state index in [1.165, 1.54) is 12.5 Å². The summed E-state index contributed by atoms with van der Waals surface area (Å²) in [5, 5.41) is 0. The third-order valence-corrected chi connectivity index (χ3v) is 4.38. The van der Waals surface area contributed by atoms with Gasteiger partial charge < -0.3 is 9.15 Å². The quantitative estimate of drug-likeness (QED) is 0.838. The molecule has 1 aliphatic rings. The molecule has 23 heavy (non-hydrogen) atoms. The van der Waals surface area contributed by atoms with E-state index in [9.17, 15) is 4.39 Å². The lowest BCUT2D eigenvalue weighted by molar-refractivity contribution is 0.0902. The van der Waals surface area contributed by atoms with Gasteiger partial charge >= 0.3 is 0 Å². The highest BCUT2D eigenvalue weighted by Crippen LogP contribution is 2.37. The molecule has 0 N–H and O–H groups in total. The van der Waals surface area contributed by atoms with Crippen LogP contribution in [0.3, 0.4) is 0 Å². The van der Waals surface area contributed by atoms with E-state index >= 15 is 0 Å². The fourth-order valence-electron chi connectivity index (χ4n) is 3.35. The van der Waals surface area contributed by atoms with E-state index in [-0.39, 0.29) is 11.9 Å². The molecule has 0 radical (unpaired) electrons. The summed E-state index contributed by atoms with van der Waals surface area (Å²) in [4.78, 5) is 6.40. The first-order valence-electron chi connectivity index (χ1n) is 8.20. The molecule has 1 aromatic heterocycles. The summed E-state index contributed by atoms with van der Waals surface area (Å²) in [6, 6.07) is 3.85. The maximum atomic E-state index is 14.1. The number of nitrogens with zero attached hydrogens (tertiary/aromatic N) is 2. The summed E-state index contributed by atoms with van der Waals surface area (Å²) < 4.78 is 25.4. The summed E-state index contributed by atoms with van der Waals surface area (Å²) in [5.74, 6) is 0.695. The second-order valence-corrected chi connectivity index (χ2v) is 6.27. The van der Waals surface area contributed by atoms with Crippen molar-refractivity contribution in [2.75, 3.05) is 13.2 Å². The van der Waals surface area contributed by atoms with Crippen molar-refractivity contribution in [1.29, 1.82) is 0 Å². The Kier molecular flexibility index (Phi) is 4.66. The van der Waals surface area contributed by atoms with Crippen LogP contribution in [0.15, 0.2) is 29.1 Å². The number of benzene rings is 1. The van der Waals surface area contributed by atoms with Crippen molar-refractivity contribution in [3.8, 4) is 17.1 Å². The van der Waals surface area contributed by atoms with E-state index in [2.05, 4.69) is 30.7 Å². The second-order valence-electron chi connectivity index (χ2n) is 6.27. The Bertz CT molecular complexity index is 655. The van der Waals surface area contributed by atoms with Crippen molar-refractivity contribution in [1.82, 2.24) is 9.88 Å². The van der Waals surface area contributed by atoms with Crippen LogP contribution < -0.4 is 4.74 Å². The number of fused-ring (bicyclic) bond motifs is 1. The Labute approximate surface area is 136 Å². The lowest BCUT2D eigenvalue weighted by atomic mass is 9.94. The number of aromatic nitrogens is 1. The topological polar surface area (TPSA) is 38.5 Å². The minimum absolute atomic E-state index is 0.242. The van der Waals surface area contributed by atoms with Crippen LogP contribution in [0.1, 0.15) is 32.8 Å². The summed E-state index contributed by atoms with van der Waals surface area (Å²) in [6.45, 7) is 8.07. The number of hydrogen-bond acceptors (Lipinski definition) is 4. The molecular weight excluding hydrogens is 295 g/mol. The first-order chi connectivity index (χ1) is 11.1. The van der Waals surface area contributed by atoms with E-state index in [1.54, 1.807) is 12.3 Å². The van der Waals surface area contributed by atoms with Gasteiger partial charge in [0.25, 0.3) is 0 Å². The molecule has 4 nitrogen and oxygen atoms in total. The van der Waals surface area contributed by atoms with Crippen LogP contribution in [-0.2, 0) is 6.42 Å².